The zero-order chi connectivity index (χ0) is 11.5. The van der Waals surface area contributed by atoms with Crippen LogP contribution in [-0.2, 0) is 4.79 Å². The topological polar surface area (TPSA) is 46.5 Å². The lowest BCUT2D eigenvalue weighted by Crippen LogP contribution is -2.01. The maximum absolute atomic E-state index is 11.0. The van der Waals surface area contributed by atoms with Crippen molar-refractivity contribution in [1.29, 1.82) is 0 Å². The van der Waals surface area contributed by atoms with E-state index in [0.29, 0.717) is 5.57 Å². The second-order valence-electron chi connectivity index (χ2n) is 3.95. The highest BCUT2D eigenvalue weighted by atomic mass is 16.5. The highest BCUT2D eigenvalue weighted by Crippen LogP contribution is 2.37. The predicted octanol–water partition coefficient (Wildman–Crippen LogP) is 2.57. The molecule has 0 spiro atoms. The molecule has 1 aliphatic rings. The van der Waals surface area contributed by atoms with Gasteiger partial charge in [-0.3, -0.25) is 0 Å². The van der Waals surface area contributed by atoms with E-state index in [1.54, 1.807) is 13.2 Å². The number of hydrogen-bond donors (Lipinski definition) is 1. The molecule has 1 aromatic rings. The van der Waals surface area contributed by atoms with Crippen LogP contribution >= 0.6 is 0 Å². The van der Waals surface area contributed by atoms with Crippen molar-refractivity contribution in [3.8, 4) is 5.75 Å². The quantitative estimate of drug-likeness (QED) is 0.790. The molecular formula is C13H14O3. The summed E-state index contributed by atoms with van der Waals surface area (Å²) in [6.07, 6.45) is 3.74. The summed E-state index contributed by atoms with van der Waals surface area (Å²) in [5, 5.41) is 9.05. The van der Waals surface area contributed by atoms with Gasteiger partial charge >= 0.3 is 5.97 Å². The first-order valence-corrected chi connectivity index (χ1v) is 5.29. The molecule has 3 heteroatoms. The van der Waals surface area contributed by atoms with Crippen LogP contribution in [0, 0.1) is 5.92 Å². The van der Waals surface area contributed by atoms with Crippen LogP contribution in [0.2, 0.25) is 0 Å². The molecule has 0 atom stereocenters. The van der Waals surface area contributed by atoms with E-state index in [1.165, 1.54) is 0 Å². The van der Waals surface area contributed by atoms with Crippen molar-refractivity contribution in [2.24, 2.45) is 5.92 Å². The molecule has 0 aromatic heterocycles. The molecule has 3 nitrogen and oxygen atoms in total. The zero-order valence-electron chi connectivity index (χ0n) is 9.14. The average Bonchev–Trinajstić information content (AvgIpc) is 3.10. The third kappa shape index (κ3) is 2.42. The van der Waals surface area contributed by atoms with E-state index in [9.17, 15) is 4.79 Å². The lowest BCUT2D eigenvalue weighted by Gasteiger charge is -2.02. The van der Waals surface area contributed by atoms with Crippen molar-refractivity contribution in [3.05, 3.63) is 35.4 Å². The Labute approximate surface area is 94.4 Å². The Hall–Kier alpha value is -1.77. The average molecular weight is 218 g/mol. The van der Waals surface area contributed by atoms with Gasteiger partial charge in [-0.15, -0.1) is 0 Å². The van der Waals surface area contributed by atoms with Crippen molar-refractivity contribution < 1.29 is 14.6 Å². The Bertz CT molecular complexity index is 413. The maximum atomic E-state index is 11.0. The first-order chi connectivity index (χ1) is 7.70. The number of carbonyl (C=O) groups is 1. The number of hydrogen-bond acceptors (Lipinski definition) is 2. The van der Waals surface area contributed by atoms with Crippen LogP contribution in [0.25, 0.3) is 6.08 Å². The second kappa shape index (κ2) is 4.39. The minimum atomic E-state index is -0.807. The Balaban J connectivity index is 2.22. The summed E-state index contributed by atoms with van der Waals surface area (Å²) in [6, 6.07) is 7.39. The van der Waals surface area contributed by atoms with E-state index in [0.717, 1.165) is 24.2 Å². The highest BCUT2D eigenvalue weighted by Gasteiger charge is 2.30. The standard InChI is InChI=1S/C13H14O3/c1-16-11-6-2-9(3-7-11)8-12(13(14)15)10-4-5-10/h2-3,6-8,10H,4-5H2,1H3,(H,14,15)/b12-8-. The molecule has 0 heterocycles. The molecule has 1 N–H and O–H groups in total. The highest BCUT2D eigenvalue weighted by molar-refractivity contribution is 5.93. The van der Waals surface area contributed by atoms with E-state index < -0.39 is 5.97 Å². The van der Waals surface area contributed by atoms with Crippen LogP contribution in [0.1, 0.15) is 18.4 Å². The van der Waals surface area contributed by atoms with Crippen LogP contribution in [0.15, 0.2) is 29.8 Å². The number of carboxylic acid groups (broad SMARTS) is 1. The van der Waals surface area contributed by atoms with Gasteiger partial charge in [0.2, 0.25) is 0 Å². The van der Waals surface area contributed by atoms with Crippen LogP contribution in [-0.4, -0.2) is 18.2 Å². The number of carboxylic acids is 1. The normalized spacial score (nSPS) is 15.9. The predicted molar refractivity (Wildman–Crippen MR) is 61.3 cm³/mol. The van der Waals surface area contributed by atoms with E-state index in [1.807, 2.05) is 24.3 Å². The fourth-order valence-corrected chi connectivity index (χ4v) is 1.63. The third-order valence-corrected chi connectivity index (χ3v) is 2.70. The summed E-state index contributed by atoms with van der Waals surface area (Å²) in [6.45, 7) is 0. The van der Waals surface area contributed by atoms with Crippen LogP contribution in [0.4, 0.5) is 0 Å². The molecule has 0 bridgehead atoms. The van der Waals surface area contributed by atoms with Gasteiger partial charge in [0.15, 0.2) is 0 Å². The number of rotatable bonds is 4. The lowest BCUT2D eigenvalue weighted by atomic mass is 10.1. The van der Waals surface area contributed by atoms with Crippen molar-refractivity contribution in [3.63, 3.8) is 0 Å². The summed E-state index contributed by atoms with van der Waals surface area (Å²) in [4.78, 5) is 11.0. The molecule has 1 aliphatic carbocycles. The van der Waals surface area contributed by atoms with E-state index >= 15 is 0 Å². The molecule has 16 heavy (non-hydrogen) atoms. The summed E-state index contributed by atoms with van der Waals surface area (Å²) >= 11 is 0. The Morgan fingerprint density at radius 3 is 2.44 bits per heavy atom. The van der Waals surface area contributed by atoms with Crippen LogP contribution in [0.5, 0.6) is 5.75 Å². The molecule has 0 saturated heterocycles. The molecule has 1 aromatic carbocycles. The fourth-order valence-electron chi connectivity index (χ4n) is 1.63. The molecule has 0 unspecified atom stereocenters. The summed E-state index contributed by atoms with van der Waals surface area (Å²) in [5.41, 5.74) is 1.43. The minimum Gasteiger partial charge on any atom is -0.497 e. The summed E-state index contributed by atoms with van der Waals surface area (Å²) < 4.78 is 5.04. The van der Waals surface area contributed by atoms with Crippen molar-refractivity contribution in [1.82, 2.24) is 0 Å². The summed E-state index contributed by atoms with van der Waals surface area (Å²) in [7, 11) is 1.61. The number of methoxy groups -OCH3 is 1. The van der Waals surface area contributed by atoms with Gasteiger partial charge in [-0.1, -0.05) is 12.1 Å². The minimum absolute atomic E-state index is 0.250. The Morgan fingerprint density at radius 1 is 1.38 bits per heavy atom. The maximum Gasteiger partial charge on any atom is 0.331 e. The van der Waals surface area contributed by atoms with E-state index in [4.69, 9.17) is 9.84 Å². The van der Waals surface area contributed by atoms with E-state index in [-0.39, 0.29) is 5.92 Å². The van der Waals surface area contributed by atoms with Crippen molar-refractivity contribution >= 4 is 12.0 Å². The SMILES string of the molecule is COc1ccc(/C=C(\C(=O)O)C2CC2)cc1. The molecule has 0 aliphatic heterocycles. The molecule has 2 rings (SSSR count). The van der Waals surface area contributed by atoms with Gasteiger partial charge in [0.1, 0.15) is 5.75 Å². The van der Waals surface area contributed by atoms with Crippen molar-refractivity contribution in [2.75, 3.05) is 7.11 Å². The molecule has 84 valence electrons. The summed E-state index contributed by atoms with van der Waals surface area (Å²) in [5.74, 6) is 0.221. The van der Waals surface area contributed by atoms with Crippen molar-refractivity contribution in [2.45, 2.75) is 12.8 Å². The third-order valence-electron chi connectivity index (χ3n) is 2.70. The zero-order valence-corrected chi connectivity index (χ0v) is 9.14. The smallest absolute Gasteiger partial charge is 0.331 e. The molecular weight excluding hydrogens is 204 g/mol. The Kier molecular flexibility index (Phi) is 2.95. The molecule has 1 saturated carbocycles. The number of aliphatic carboxylic acids is 1. The van der Waals surface area contributed by atoms with Gasteiger partial charge in [0.25, 0.3) is 0 Å². The monoisotopic (exact) mass is 218 g/mol. The number of ether oxygens (including phenoxy) is 1. The largest absolute Gasteiger partial charge is 0.497 e. The second-order valence-corrected chi connectivity index (χ2v) is 3.95. The van der Waals surface area contributed by atoms with Gasteiger partial charge in [-0.25, -0.2) is 4.79 Å². The number of benzene rings is 1. The van der Waals surface area contributed by atoms with Crippen LogP contribution in [0.3, 0.4) is 0 Å². The van der Waals surface area contributed by atoms with Gasteiger partial charge in [0.05, 0.1) is 7.11 Å². The van der Waals surface area contributed by atoms with Crippen LogP contribution < -0.4 is 4.74 Å². The van der Waals surface area contributed by atoms with Gasteiger partial charge in [-0.05, 0) is 42.5 Å². The molecule has 0 amide bonds. The molecule has 1 fully saturated rings. The fraction of sp³-hybridized carbons (Fsp3) is 0.308. The van der Waals surface area contributed by atoms with Gasteiger partial charge < -0.3 is 9.84 Å². The first-order valence-electron chi connectivity index (χ1n) is 5.29. The van der Waals surface area contributed by atoms with Gasteiger partial charge in [0, 0.05) is 5.57 Å². The first kappa shape index (κ1) is 10.7. The van der Waals surface area contributed by atoms with E-state index in [2.05, 4.69) is 0 Å². The molecule has 0 radical (unpaired) electrons. The Morgan fingerprint density at radius 2 is 2.00 bits per heavy atom. The van der Waals surface area contributed by atoms with Gasteiger partial charge in [-0.2, -0.15) is 0 Å². The lowest BCUT2D eigenvalue weighted by molar-refractivity contribution is -0.132.